The van der Waals surface area contributed by atoms with Crippen molar-refractivity contribution in [3.63, 3.8) is 0 Å². The summed E-state index contributed by atoms with van der Waals surface area (Å²) in [4.78, 5) is 75.8. The van der Waals surface area contributed by atoms with E-state index in [0.717, 1.165) is 31.2 Å². The maximum absolute atomic E-state index is 13.9. The van der Waals surface area contributed by atoms with Crippen LogP contribution in [0.5, 0.6) is 17.2 Å². The Bertz CT molecular complexity index is 2150. The molecule has 0 unspecified atom stereocenters. The minimum Gasteiger partial charge on any atom is -0.507 e. The highest BCUT2D eigenvalue weighted by Crippen LogP contribution is 2.52. The topological polar surface area (TPSA) is 238 Å². The maximum atomic E-state index is 13.9. The van der Waals surface area contributed by atoms with Gasteiger partial charge in [-0.1, -0.05) is 12.1 Å². The summed E-state index contributed by atoms with van der Waals surface area (Å²) in [5, 5.41) is 47.5. The highest BCUT2D eigenvalue weighted by molar-refractivity contribution is 6.31. The number of aromatic hydroxyl groups is 2. The number of amides is 1. The fraction of sp³-hybridized carbons (Fsp3) is 0.361. The van der Waals surface area contributed by atoms with E-state index >= 15 is 0 Å². The van der Waals surface area contributed by atoms with Crippen molar-refractivity contribution in [3.8, 4) is 17.2 Å². The third-order valence-electron chi connectivity index (χ3n) is 9.85. The Morgan fingerprint density at radius 2 is 1.67 bits per heavy atom. The second-order valence-electron chi connectivity index (χ2n) is 13.2. The van der Waals surface area contributed by atoms with E-state index in [1.807, 2.05) is 0 Å². The number of aliphatic hydroxyl groups is 1. The van der Waals surface area contributed by atoms with Gasteiger partial charge in [-0.25, -0.2) is 4.79 Å². The van der Waals surface area contributed by atoms with Crippen LogP contribution in [0.2, 0.25) is 0 Å². The predicted octanol–water partition coefficient (Wildman–Crippen LogP) is 3.52. The summed E-state index contributed by atoms with van der Waals surface area (Å²) < 4.78 is 63.0. The number of ether oxygens (including phenoxy) is 4. The molecule has 16 nitrogen and oxygen atoms in total. The number of benzene rings is 3. The van der Waals surface area contributed by atoms with Crippen molar-refractivity contribution in [1.82, 2.24) is 5.32 Å². The molecule has 1 amide bonds. The van der Waals surface area contributed by atoms with Gasteiger partial charge in [0.2, 0.25) is 5.78 Å². The molecule has 0 aromatic heterocycles. The molecule has 2 aliphatic carbocycles. The zero-order valence-electron chi connectivity index (χ0n) is 29.0. The van der Waals surface area contributed by atoms with Crippen molar-refractivity contribution in [3.05, 3.63) is 91.5 Å². The molecule has 1 heterocycles. The molecule has 0 saturated carbocycles. The van der Waals surface area contributed by atoms with Crippen LogP contribution < -0.4 is 10.1 Å². The Kier molecular flexibility index (Phi) is 9.91. The number of esters is 1. The van der Waals surface area contributed by atoms with Crippen molar-refractivity contribution in [2.24, 2.45) is 0 Å². The van der Waals surface area contributed by atoms with E-state index in [0.29, 0.717) is 0 Å². The Labute approximate surface area is 307 Å². The molecule has 1 fully saturated rings. The minimum atomic E-state index is -5.39. The monoisotopic (exact) mass is 772 g/mol. The van der Waals surface area contributed by atoms with E-state index in [1.54, 1.807) is 5.32 Å². The van der Waals surface area contributed by atoms with Crippen LogP contribution in [-0.4, -0.2) is 92.9 Å². The largest absolute Gasteiger partial charge is 0.507 e. The Hall–Kier alpha value is -5.92. The summed E-state index contributed by atoms with van der Waals surface area (Å²) in [6.45, 7) is 2.30. The number of ketones is 3. The summed E-state index contributed by atoms with van der Waals surface area (Å²) in [6, 6.07) is 6.56. The first-order valence-electron chi connectivity index (χ1n) is 16.5. The molecule has 3 aromatic rings. The lowest BCUT2D eigenvalue weighted by Gasteiger charge is -2.43. The zero-order valence-corrected chi connectivity index (χ0v) is 29.0. The second-order valence-corrected chi connectivity index (χ2v) is 13.2. The van der Waals surface area contributed by atoms with E-state index in [1.165, 1.54) is 32.2 Å². The van der Waals surface area contributed by atoms with Gasteiger partial charge in [-0.05, 0) is 32.0 Å². The number of methoxy groups -OCH3 is 1. The molecule has 0 radical (unpaired) electrons. The summed E-state index contributed by atoms with van der Waals surface area (Å²) >= 11 is 0. The number of carbonyl (C=O) groups is 5. The molecule has 0 spiro atoms. The lowest BCUT2D eigenvalue weighted by molar-refractivity contribution is -0.384. The number of phenolic OH excluding ortho intramolecular Hbond substituents is 2. The van der Waals surface area contributed by atoms with Crippen LogP contribution in [0.3, 0.4) is 0 Å². The van der Waals surface area contributed by atoms with Crippen molar-refractivity contribution < 1.29 is 76.3 Å². The van der Waals surface area contributed by atoms with Gasteiger partial charge < -0.3 is 39.6 Å². The van der Waals surface area contributed by atoms with Gasteiger partial charge in [0, 0.05) is 48.1 Å². The van der Waals surface area contributed by atoms with Crippen LogP contribution in [0.25, 0.3) is 0 Å². The van der Waals surface area contributed by atoms with Gasteiger partial charge in [-0.3, -0.25) is 29.3 Å². The zero-order chi connectivity index (χ0) is 40.3. The quantitative estimate of drug-likeness (QED) is 0.0868. The highest BCUT2D eigenvalue weighted by Gasteiger charge is 2.51. The predicted molar refractivity (Wildman–Crippen MR) is 177 cm³/mol. The van der Waals surface area contributed by atoms with E-state index in [2.05, 4.69) is 0 Å². The number of hydrogen-bond donors (Lipinski definition) is 4. The number of nitro benzene ring substituents is 1. The molecule has 3 aliphatic rings. The van der Waals surface area contributed by atoms with E-state index in [4.69, 9.17) is 18.9 Å². The number of non-ortho nitro benzene ring substituents is 1. The van der Waals surface area contributed by atoms with Crippen molar-refractivity contribution in [2.75, 3.05) is 7.11 Å². The van der Waals surface area contributed by atoms with Gasteiger partial charge in [0.15, 0.2) is 17.9 Å². The number of halogens is 3. The number of alkyl halides is 3. The molecule has 290 valence electrons. The lowest BCUT2D eigenvalue weighted by atomic mass is 9.72. The van der Waals surface area contributed by atoms with Gasteiger partial charge in [0.1, 0.15) is 29.0 Å². The Morgan fingerprint density at radius 1 is 1.02 bits per heavy atom. The van der Waals surface area contributed by atoms with Gasteiger partial charge >= 0.3 is 18.1 Å². The number of carbonyl (C=O) groups excluding carboxylic acids is 5. The van der Waals surface area contributed by atoms with Crippen LogP contribution in [0.4, 0.5) is 18.9 Å². The highest BCUT2D eigenvalue weighted by atomic mass is 19.4. The average Bonchev–Trinajstić information content (AvgIpc) is 3.12. The van der Waals surface area contributed by atoms with Crippen molar-refractivity contribution in [1.29, 1.82) is 0 Å². The number of nitrogens with zero attached hydrogens (tertiary/aromatic N) is 1. The molecule has 19 heteroatoms. The minimum absolute atomic E-state index is 0.0164. The first-order valence-corrected chi connectivity index (χ1v) is 16.5. The number of hydrogen-bond acceptors (Lipinski definition) is 14. The normalized spacial score (nSPS) is 24.5. The molecule has 6 rings (SSSR count). The van der Waals surface area contributed by atoms with Crippen molar-refractivity contribution in [2.45, 2.75) is 75.5 Å². The van der Waals surface area contributed by atoms with Gasteiger partial charge in [0.25, 0.3) is 5.69 Å². The maximum Gasteiger partial charge on any atom is 0.471 e. The Balaban J connectivity index is 1.37. The molecule has 1 aliphatic heterocycles. The molecule has 3 aromatic carbocycles. The first-order chi connectivity index (χ1) is 25.8. The van der Waals surface area contributed by atoms with E-state index < -0.39 is 118 Å². The molecular formula is C36H31F3N2O14. The second kappa shape index (κ2) is 14.1. The van der Waals surface area contributed by atoms with E-state index in [9.17, 15) is 62.6 Å². The van der Waals surface area contributed by atoms with Gasteiger partial charge in [-0.15, -0.1) is 0 Å². The number of fused-ring (bicyclic) bond motifs is 3. The number of nitrogens with one attached hydrogen (secondary N) is 1. The Morgan fingerprint density at radius 3 is 2.27 bits per heavy atom. The third-order valence-corrected chi connectivity index (χ3v) is 9.85. The van der Waals surface area contributed by atoms with Crippen LogP contribution in [-0.2, 0) is 30.2 Å². The van der Waals surface area contributed by atoms with Crippen LogP contribution in [0.1, 0.15) is 86.1 Å². The lowest BCUT2D eigenvalue weighted by Crippen LogP contribution is -2.59. The van der Waals surface area contributed by atoms with Crippen LogP contribution >= 0.6 is 0 Å². The van der Waals surface area contributed by atoms with Crippen LogP contribution in [0.15, 0.2) is 42.5 Å². The molecular weight excluding hydrogens is 741 g/mol. The van der Waals surface area contributed by atoms with Crippen molar-refractivity contribution >= 4 is 34.9 Å². The number of Topliss-reactive ketones (excluding diaryl/α,β-unsaturated/α-hetero) is 1. The van der Waals surface area contributed by atoms with Gasteiger partial charge in [-0.2, -0.15) is 13.2 Å². The fourth-order valence-corrected chi connectivity index (χ4v) is 7.09. The summed E-state index contributed by atoms with van der Waals surface area (Å²) in [7, 11) is 1.25. The average molecular weight is 773 g/mol. The summed E-state index contributed by atoms with van der Waals surface area (Å²) in [6.07, 6.45) is -13.6. The molecule has 0 bridgehead atoms. The van der Waals surface area contributed by atoms with Crippen LogP contribution in [0, 0.1) is 10.1 Å². The molecule has 4 N–H and O–H groups in total. The standard InChI is InChI=1S/C36H31F3N2O14/c1-14-32(55-33(47)16-7-9-17(10-8-16)41(50)51)20(40-34(48)36(37,38)39)11-23(53-14)54-22-13-35(49,15(2)42)12-19-25(22)31(46)27-26(29(19)44)28(43)18-5-4-6-21(52-3)24(18)30(27)45/h4-10,14,20,22-23,32,44,46,49H,11-13H2,1-3H3,(H,40,48)/t14-,20-,22-,23-,32+,35-/m0/s1. The molecule has 6 atom stereocenters. The van der Waals surface area contributed by atoms with E-state index in [-0.39, 0.29) is 39.3 Å². The first kappa shape index (κ1) is 38.8. The SMILES string of the molecule is COc1cccc2c1C(=O)c1c(O)c3c(c(O)c1C2=O)C[C@@](O)(C(C)=O)C[C@@H]3O[C@H]1C[C@H](NC(=O)C(F)(F)F)[C@H](OC(=O)c2ccc([N+](=O)[O-])cc2)[C@H](C)O1. The molecule has 1 saturated heterocycles. The molecule has 55 heavy (non-hydrogen) atoms. The number of phenols is 2. The number of rotatable bonds is 8. The fourth-order valence-electron chi connectivity index (χ4n) is 7.09. The number of nitro groups is 1. The summed E-state index contributed by atoms with van der Waals surface area (Å²) in [5.41, 5.74) is -5.15. The smallest absolute Gasteiger partial charge is 0.471 e. The van der Waals surface area contributed by atoms with Gasteiger partial charge in [0.05, 0.1) is 52.5 Å². The third kappa shape index (κ3) is 6.85. The summed E-state index contributed by atoms with van der Waals surface area (Å²) in [5.74, 6) is -7.87.